The molecule has 0 aliphatic carbocycles. The van der Waals surface area contributed by atoms with E-state index in [0.717, 1.165) is 44.3 Å². The SMILES string of the molecule is C=Cc1c(C)c2cc3nc(c(CC([O-])=NC(N)=NCCC[C@H](N)C(=O)[O-])c4nc(cc5[nH]c(cc1[nH]2)c(C)c5CC)C(C)=C4C(=O)O)[C@@H](CCC(=O)[O-])[C@@H]3C.[Na+].[Na+].[Na+]. The second-order valence-electron chi connectivity index (χ2n) is 13.9. The molecule has 5 rings (SSSR count). The summed E-state index contributed by atoms with van der Waals surface area (Å²) in [5, 5.41) is 47.0. The molecule has 0 fully saturated rings. The largest absolute Gasteiger partial charge is 1.00 e. The van der Waals surface area contributed by atoms with Gasteiger partial charge in [-0.3, -0.25) is 9.98 Å². The van der Waals surface area contributed by atoms with Crippen LogP contribution in [0.2, 0.25) is 0 Å². The van der Waals surface area contributed by atoms with Gasteiger partial charge in [-0.2, -0.15) is 0 Å². The Morgan fingerprint density at radius 3 is 2.24 bits per heavy atom. The van der Waals surface area contributed by atoms with Gasteiger partial charge in [0.25, 0.3) is 0 Å². The van der Waals surface area contributed by atoms with Crippen LogP contribution in [0.1, 0.15) is 109 Å². The zero-order chi connectivity index (χ0) is 40.3. The van der Waals surface area contributed by atoms with E-state index < -0.39 is 42.2 Å². The standard InChI is InChI=1S/C40H48N8O7.3Na/c1-7-22-18(3)27-15-29-20(5)24(11-12-34(50)51)36(46-29)25(14-33(49)48-40(42)43-13-9-10-26(41)38(52)53)37-35(39(54)55)21(6)30(47-37)17-32-23(8-2)19(4)28(45-32)16-31(22)44-27;;;/h7,15-17,20,24,26,44-45H,1,8-14,41H2,2-6H3,(H,50,51)(H,52,53)(H,54,55)(H3,42,43,48,49);;;/q;3*+1/p-3/t20-,24-,26-;;;/m0.../s1. The first-order chi connectivity index (χ1) is 26.1. The second kappa shape index (κ2) is 22.0. The molecule has 8 bridgehead atoms. The number of H-pyrrole nitrogens is 2. The van der Waals surface area contributed by atoms with Gasteiger partial charge in [0.1, 0.15) is 0 Å². The van der Waals surface area contributed by atoms with Crippen LogP contribution in [-0.4, -0.2) is 67.4 Å². The van der Waals surface area contributed by atoms with E-state index in [-0.39, 0.29) is 150 Å². The van der Waals surface area contributed by atoms with Crippen molar-refractivity contribution in [3.8, 4) is 0 Å². The van der Waals surface area contributed by atoms with Gasteiger partial charge in [0.2, 0.25) is 5.96 Å². The number of aromatic amines is 2. The molecule has 15 nitrogen and oxygen atoms in total. The van der Waals surface area contributed by atoms with E-state index in [0.29, 0.717) is 29.1 Å². The van der Waals surface area contributed by atoms with Crippen molar-refractivity contribution in [3.05, 3.63) is 75.4 Å². The molecule has 290 valence electrons. The summed E-state index contributed by atoms with van der Waals surface area (Å²) in [6, 6.07) is 4.50. The maximum atomic E-state index is 13.7. The molecule has 2 aliphatic rings. The quantitative estimate of drug-likeness (QED) is 0.0468. The van der Waals surface area contributed by atoms with E-state index in [1.807, 2.05) is 39.8 Å². The van der Waals surface area contributed by atoms with Gasteiger partial charge in [-0.05, 0) is 99.2 Å². The number of nitrogens with one attached hydrogen (secondary N) is 2. The van der Waals surface area contributed by atoms with E-state index in [2.05, 4.69) is 26.5 Å². The number of aliphatic carboxylic acids is 3. The minimum Gasteiger partial charge on any atom is -0.861 e. The van der Waals surface area contributed by atoms with Crippen LogP contribution in [0.4, 0.5) is 0 Å². The Morgan fingerprint density at radius 2 is 1.64 bits per heavy atom. The summed E-state index contributed by atoms with van der Waals surface area (Å²) < 4.78 is 0. The number of nitrogens with two attached hydrogens (primary N) is 2. The summed E-state index contributed by atoms with van der Waals surface area (Å²) in [6.45, 7) is 13.6. The number of carboxylic acids is 3. The molecule has 0 saturated carbocycles. The summed E-state index contributed by atoms with van der Waals surface area (Å²) in [5.41, 5.74) is 20.1. The molecule has 3 aromatic rings. The molecule has 0 aromatic carbocycles. The van der Waals surface area contributed by atoms with Crippen LogP contribution in [0.5, 0.6) is 0 Å². The number of aromatic nitrogens is 4. The monoisotopic (exact) mass is 818 g/mol. The van der Waals surface area contributed by atoms with Gasteiger partial charge in [-0.25, -0.2) is 14.8 Å². The van der Waals surface area contributed by atoms with Gasteiger partial charge >= 0.3 is 94.6 Å². The minimum atomic E-state index is -1.40. The van der Waals surface area contributed by atoms with Crippen molar-refractivity contribution in [1.82, 2.24) is 19.9 Å². The number of nitrogens with zero attached hydrogens (tertiary/aromatic N) is 4. The van der Waals surface area contributed by atoms with Crippen LogP contribution in [0.3, 0.4) is 0 Å². The zero-order valence-electron chi connectivity index (χ0n) is 34.5. The summed E-state index contributed by atoms with van der Waals surface area (Å²) in [4.78, 5) is 60.6. The minimum absolute atomic E-state index is 0. The zero-order valence-corrected chi connectivity index (χ0v) is 40.5. The molecule has 0 spiro atoms. The van der Waals surface area contributed by atoms with Crippen LogP contribution in [0.25, 0.3) is 39.3 Å². The van der Waals surface area contributed by atoms with E-state index in [9.17, 15) is 34.8 Å². The van der Waals surface area contributed by atoms with Crippen molar-refractivity contribution >= 4 is 69.1 Å². The Morgan fingerprint density at radius 1 is 0.983 bits per heavy atom. The smallest absolute Gasteiger partial charge is 0.861 e. The molecular formula is C40H45N8Na3O7. The first kappa shape index (κ1) is 51.1. The summed E-state index contributed by atoms with van der Waals surface area (Å²) >= 11 is 0. The normalized spacial score (nSPS) is 15.8. The maximum Gasteiger partial charge on any atom is 1.00 e. The van der Waals surface area contributed by atoms with Gasteiger partial charge < -0.3 is 51.5 Å². The molecule has 3 aromatic heterocycles. The van der Waals surface area contributed by atoms with Crippen molar-refractivity contribution < 1.29 is 123 Å². The predicted octanol–water partition coefficient (Wildman–Crippen LogP) is -6.94. The van der Waals surface area contributed by atoms with Crippen molar-refractivity contribution in [1.29, 1.82) is 0 Å². The Bertz CT molecular complexity index is 2350. The number of carboxylic acid groups (broad SMARTS) is 3. The number of carbonyl (C=O) groups excluding carboxylic acids is 2. The van der Waals surface area contributed by atoms with Gasteiger partial charge in [0.15, 0.2) is 0 Å². The third-order valence-electron chi connectivity index (χ3n) is 10.4. The maximum absolute atomic E-state index is 13.7. The number of aryl methyl sites for hydroxylation is 3. The fraction of sp³-hybridized carbons (Fsp3) is 0.375. The van der Waals surface area contributed by atoms with E-state index in [4.69, 9.17) is 21.4 Å². The summed E-state index contributed by atoms with van der Waals surface area (Å²) in [6.07, 6.45) is 2.04. The molecule has 18 heteroatoms. The fourth-order valence-electron chi connectivity index (χ4n) is 7.35. The van der Waals surface area contributed by atoms with Crippen molar-refractivity contribution in [3.63, 3.8) is 0 Å². The average Bonchev–Trinajstić information content (AvgIpc) is 3.80. The number of guanidine groups is 1. The van der Waals surface area contributed by atoms with Crippen LogP contribution < -0.4 is 115 Å². The number of rotatable bonds is 13. The number of hydrogen-bond donors (Lipinski definition) is 5. The molecule has 5 heterocycles. The first-order valence-corrected chi connectivity index (χ1v) is 18.1. The van der Waals surface area contributed by atoms with E-state index in [1.165, 1.54) is 0 Å². The topological polar surface area (TPSA) is 275 Å². The van der Waals surface area contributed by atoms with E-state index >= 15 is 0 Å². The molecule has 2 aliphatic heterocycles. The Balaban J connectivity index is 0.00000387. The molecule has 0 unspecified atom stereocenters. The average molecular weight is 819 g/mol. The number of hydrogen-bond acceptors (Lipinski definition) is 10. The molecule has 58 heavy (non-hydrogen) atoms. The van der Waals surface area contributed by atoms with Crippen molar-refractivity contribution in [2.75, 3.05) is 6.54 Å². The second-order valence-corrected chi connectivity index (χ2v) is 13.9. The van der Waals surface area contributed by atoms with Crippen molar-refractivity contribution in [2.24, 2.45) is 21.5 Å². The number of allylic oxidation sites excluding steroid dienone is 1. The number of aliphatic imine (C=N–C) groups is 2. The predicted molar refractivity (Wildman–Crippen MR) is 205 cm³/mol. The fourth-order valence-corrected chi connectivity index (χ4v) is 7.35. The summed E-state index contributed by atoms with van der Waals surface area (Å²) in [5.74, 6) is -6.03. The Kier molecular flexibility index (Phi) is 19.3. The molecule has 0 radical (unpaired) electrons. The number of carbonyl (C=O) groups is 3. The third-order valence-corrected chi connectivity index (χ3v) is 10.4. The van der Waals surface area contributed by atoms with Gasteiger partial charge in [-0.15, -0.1) is 0 Å². The Labute approximate surface area is 402 Å². The number of fused-ring (bicyclic) bond motifs is 8. The van der Waals surface area contributed by atoms with E-state index in [1.54, 1.807) is 19.1 Å². The van der Waals surface area contributed by atoms with Crippen LogP contribution in [-0.2, 0) is 27.2 Å². The molecule has 7 N–H and O–H groups in total. The van der Waals surface area contributed by atoms with Crippen molar-refractivity contribution in [2.45, 2.75) is 91.0 Å². The summed E-state index contributed by atoms with van der Waals surface area (Å²) in [7, 11) is 0. The molecule has 0 amide bonds. The third kappa shape index (κ3) is 11.2. The van der Waals surface area contributed by atoms with Crippen LogP contribution in [0, 0.1) is 13.8 Å². The molecule has 0 saturated heterocycles. The van der Waals surface area contributed by atoms with Crippen LogP contribution >= 0.6 is 0 Å². The van der Waals surface area contributed by atoms with Crippen LogP contribution in [0.15, 0.2) is 34.8 Å². The molecule has 3 atom stereocenters. The molecular weight excluding hydrogens is 773 g/mol. The Hall–Kier alpha value is -3.09. The van der Waals surface area contributed by atoms with Gasteiger partial charge in [0.05, 0.1) is 28.6 Å². The van der Waals surface area contributed by atoms with Gasteiger partial charge in [-0.1, -0.05) is 26.5 Å². The first-order valence-electron chi connectivity index (χ1n) is 18.1. The van der Waals surface area contributed by atoms with Gasteiger partial charge in [0, 0.05) is 75.7 Å².